The Morgan fingerprint density at radius 2 is 1.79 bits per heavy atom. The van der Waals surface area contributed by atoms with Gasteiger partial charge in [-0.05, 0) is 41.0 Å². The van der Waals surface area contributed by atoms with Crippen molar-refractivity contribution in [3.8, 4) is 0 Å². The first kappa shape index (κ1) is 26.2. The van der Waals surface area contributed by atoms with E-state index in [9.17, 15) is 14.7 Å². The van der Waals surface area contributed by atoms with E-state index in [4.69, 9.17) is 23.2 Å². The third kappa shape index (κ3) is 5.54. The Labute approximate surface area is 237 Å². The number of aliphatic hydroxyl groups is 1. The molecule has 0 fully saturated rings. The summed E-state index contributed by atoms with van der Waals surface area (Å²) in [5.74, 6) is -1.29. The van der Waals surface area contributed by atoms with Crippen LogP contribution in [0.3, 0.4) is 0 Å². The Morgan fingerprint density at radius 1 is 1.03 bits per heavy atom. The Morgan fingerprint density at radius 3 is 2.55 bits per heavy atom. The maximum Gasteiger partial charge on any atom is 0.296 e. The lowest BCUT2D eigenvalue weighted by molar-refractivity contribution is -0.117. The maximum atomic E-state index is 13.4. The molecule has 3 aromatic carbocycles. The zero-order chi connectivity index (χ0) is 26.6. The molecule has 1 N–H and O–H groups in total. The van der Waals surface area contributed by atoms with Gasteiger partial charge in [0.1, 0.15) is 0 Å². The Hall–Kier alpha value is -3.43. The van der Waals surface area contributed by atoms with Gasteiger partial charge in [-0.2, -0.15) is 0 Å². The maximum absolute atomic E-state index is 13.4. The van der Waals surface area contributed by atoms with Gasteiger partial charge in [0.05, 0.1) is 11.6 Å². The number of benzene rings is 3. The normalized spacial score (nSPS) is 15.6. The number of nitrogens with zero attached hydrogens (tertiary/aromatic N) is 3. The highest BCUT2D eigenvalue weighted by Crippen LogP contribution is 2.43. The van der Waals surface area contributed by atoms with E-state index in [1.807, 2.05) is 54.6 Å². The summed E-state index contributed by atoms with van der Waals surface area (Å²) in [6.45, 7) is 0. The zero-order valence-electron chi connectivity index (χ0n) is 19.6. The van der Waals surface area contributed by atoms with Crippen LogP contribution >= 0.6 is 46.3 Å². The number of anilines is 1. The Kier molecular flexibility index (Phi) is 7.95. The topological polar surface area (TPSA) is 83.4 Å². The first-order valence-electron chi connectivity index (χ1n) is 11.4. The second-order valence-corrected chi connectivity index (χ2v) is 11.3. The minimum Gasteiger partial charge on any atom is -0.503 e. The summed E-state index contributed by atoms with van der Waals surface area (Å²) in [6, 6.07) is 22.7. The second kappa shape index (κ2) is 11.5. The number of aromatic nitrogens is 2. The number of amides is 1. The van der Waals surface area contributed by atoms with E-state index in [-0.39, 0.29) is 10.7 Å². The van der Waals surface area contributed by atoms with Crippen LogP contribution in [0, 0.1) is 0 Å². The van der Waals surface area contributed by atoms with Crippen LogP contribution < -0.4 is 4.90 Å². The van der Waals surface area contributed by atoms with Crippen LogP contribution in [0.5, 0.6) is 0 Å². The van der Waals surface area contributed by atoms with Gasteiger partial charge < -0.3 is 5.11 Å². The Bertz CT molecular complexity index is 1570. The monoisotopic (exact) mass is 579 g/mol. The van der Waals surface area contributed by atoms with E-state index in [1.54, 1.807) is 30.3 Å². The minimum absolute atomic E-state index is 0.0510. The van der Waals surface area contributed by atoms with Crippen LogP contribution in [0.25, 0.3) is 6.08 Å². The molecular weight excluding hydrogens is 561 g/mol. The molecule has 0 saturated carbocycles. The minimum atomic E-state index is -0.927. The summed E-state index contributed by atoms with van der Waals surface area (Å²) in [6.07, 6.45) is 2.99. The molecule has 38 heavy (non-hydrogen) atoms. The molecule has 190 valence electrons. The van der Waals surface area contributed by atoms with Crippen molar-refractivity contribution in [1.82, 2.24) is 10.2 Å². The van der Waals surface area contributed by atoms with Crippen LogP contribution in [0.4, 0.5) is 5.13 Å². The molecule has 1 aliphatic rings. The fourth-order valence-corrected chi connectivity index (χ4v) is 6.34. The molecule has 1 aromatic heterocycles. The largest absolute Gasteiger partial charge is 0.503 e. The number of aliphatic hydroxyl groups excluding tert-OH is 1. The van der Waals surface area contributed by atoms with Gasteiger partial charge in [0.25, 0.3) is 5.91 Å². The van der Waals surface area contributed by atoms with Gasteiger partial charge in [-0.1, -0.05) is 113 Å². The molecule has 0 aliphatic carbocycles. The van der Waals surface area contributed by atoms with Crippen molar-refractivity contribution in [1.29, 1.82) is 0 Å². The van der Waals surface area contributed by atoms with Gasteiger partial charge in [-0.15, -0.1) is 10.2 Å². The predicted molar refractivity (Wildman–Crippen MR) is 153 cm³/mol. The summed E-state index contributed by atoms with van der Waals surface area (Å²) >= 11 is 15.1. The molecule has 6 nitrogen and oxygen atoms in total. The van der Waals surface area contributed by atoms with Crippen LogP contribution in [-0.2, 0) is 15.3 Å². The molecule has 1 unspecified atom stereocenters. The molecule has 10 heteroatoms. The Balaban J connectivity index is 1.47. The second-order valence-electron chi connectivity index (χ2n) is 8.23. The molecule has 4 aromatic rings. The van der Waals surface area contributed by atoms with E-state index < -0.39 is 23.5 Å². The molecule has 1 atom stereocenters. The number of carbonyl (C=O) groups excluding carboxylic acids is 2. The lowest BCUT2D eigenvalue weighted by atomic mass is 9.96. The van der Waals surface area contributed by atoms with Crippen molar-refractivity contribution in [2.45, 2.75) is 16.1 Å². The number of hydrogen-bond donors (Lipinski definition) is 1. The van der Waals surface area contributed by atoms with Crippen LogP contribution in [0.15, 0.2) is 101 Å². The highest BCUT2D eigenvalue weighted by molar-refractivity contribution is 8.00. The fraction of sp³-hybridized carbons (Fsp3) is 0.0714. The molecule has 5 rings (SSSR count). The molecule has 1 amide bonds. The van der Waals surface area contributed by atoms with Gasteiger partial charge in [0, 0.05) is 15.8 Å². The van der Waals surface area contributed by atoms with Crippen molar-refractivity contribution in [2.24, 2.45) is 0 Å². The van der Waals surface area contributed by atoms with Gasteiger partial charge in [-0.25, -0.2) is 0 Å². The van der Waals surface area contributed by atoms with Crippen molar-refractivity contribution in [2.75, 3.05) is 4.90 Å². The number of hydrogen-bond acceptors (Lipinski definition) is 7. The summed E-state index contributed by atoms with van der Waals surface area (Å²) in [5, 5.41) is 20.7. The molecule has 0 bridgehead atoms. The third-order valence-electron chi connectivity index (χ3n) is 5.78. The van der Waals surface area contributed by atoms with Crippen molar-refractivity contribution >= 4 is 69.2 Å². The zero-order valence-corrected chi connectivity index (χ0v) is 22.8. The van der Waals surface area contributed by atoms with Crippen molar-refractivity contribution in [3.63, 3.8) is 0 Å². The van der Waals surface area contributed by atoms with Crippen molar-refractivity contribution < 1.29 is 14.7 Å². The van der Waals surface area contributed by atoms with Gasteiger partial charge >= 0.3 is 0 Å². The van der Waals surface area contributed by atoms with E-state index in [1.165, 1.54) is 34.1 Å². The molecule has 1 aliphatic heterocycles. The molecule has 0 radical (unpaired) electrons. The smallest absolute Gasteiger partial charge is 0.296 e. The fourth-order valence-electron chi connectivity index (χ4n) is 3.99. The first-order chi connectivity index (χ1) is 18.4. The molecule has 2 heterocycles. The van der Waals surface area contributed by atoms with Crippen LogP contribution in [-0.4, -0.2) is 27.0 Å². The van der Waals surface area contributed by atoms with E-state index >= 15 is 0 Å². The van der Waals surface area contributed by atoms with Crippen LogP contribution in [0.2, 0.25) is 10.0 Å². The SMILES string of the molecule is O=C(/C=C/c1ccccc1)C1=C(O)C(=O)N(c2nnc(SCc3ccccc3Cl)s2)C1c1cccc(Cl)c1. The summed E-state index contributed by atoms with van der Waals surface area (Å²) < 4.78 is 0.612. The van der Waals surface area contributed by atoms with Gasteiger partial charge in [0.15, 0.2) is 15.9 Å². The van der Waals surface area contributed by atoms with E-state index in [2.05, 4.69) is 10.2 Å². The highest BCUT2D eigenvalue weighted by Gasteiger charge is 2.45. The average molecular weight is 581 g/mol. The third-order valence-corrected chi connectivity index (χ3v) is 8.48. The summed E-state index contributed by atoms with van der Waals surface area (Å²) in [7, 11) is 0. The van der Waals surface area contributed by atoms with E-state index in [0.717, 1.165) is 11.1 Å². The van der Waals surface area contributed by atoms with Crippen LogP contribution in [0.1, 0.15) is 22.7 Å². The molecule has 0 saturated heterocycles. The number of carbonyl (C=O) groups is 2. The number of rotatable bonds is 8. The lowest BCUT2D eigenvalue weighted by Crippen LogP contribution is -2.30. The molecule has 0 spiro atoms. The van der Waals surface area contributed by atoms with E-state index in [0.29, 0.717) is 25.7 Å². The molecular formula is C28H19Cl2N3O3S2. The summed E-state index contributed by atoms with van der Waals surface area (Å²) in [4.78, 5) is 28.0. The predicted octanol–water partition coefficient (Wildman–Crippen LogP) is 7.32. The van der Waals surface area contributed by atoms with Gasteiger partial charge in [-0.3, -0.25) is 14.5 Å². The highest BCUT2D eigenvalue weighted by atomic mass is 35.5. The number of thioether (sulfide) groups is 1. The van der Waals surface area contributed by atoms with Crippen molar-refractivity contribution in [3.05, 3.63) is 123 Å². The summed E-state index contributed by atoms with van der Waals surface area (Å²) in [5.41, 5.74) is 2.27. The number of ketones is 1. The number of halogens is 2. The standard InChI is InChI=1S/C28H19Cl2N3O3S2/c29-20-11-6-10-18(15-20)24-23(22(34)14-13-17-7-2-1-3-8-17)25(35)26(36)33(24)27-31-32-28(38-27)37-16-19-9-4-5-12-21(19)30/h1-15,24,35H,16H2/b14-13+. The number of allylic oxidation sites excluding steroid dienone is 1. The lowest BCUT2D eigenvalue weighted by Gasteiger charge is -2.23. The quantitative estimate of drug-likeness (QED) is 0.134. The van der Waals surface area contributed by atoms with Gasteiger partial charge in [0.2, 0.25) is 5.13 Å². The first-order valence-corrected chi connectivity index (χ1v) is 14.0. The average Bonchev–Trinajstić information content (AvgIpc) is 3.49.